The van der Waals surface area contributed by atoms with Crippen LogP contribution in [0.1, 0.15) is 32.6 Å². The Hall–Kier alpha value is -0.0400. The summed E-state index contributed by atoms with van der Waals surface area (Å²) < 4.78 is 5.67. The standard InChI is InChI=1S/C9H16O/c1-7-6-10-9-5-3-2-4-8(7)9/h7-9H,2-6H2,1H3/t7-,8-,9-/m1/s1. The van der Waals surface area contributed by atoms with Crippen molar-refractivity contribution in [2.24, 2.45) is 11.8 Å². The molecule has 10 heavy (non-hydrogen) atoms. The van der Waals surface area contributed by atoms with Gasteiger partial charge in [-0.05, 0) is 24.7 Å². The molecule has 0 spiro atoms. The zero-order valence-electron chi connectivity index (χ0n) is 6.68. The number of hydrogen-bond acceptors (Lipinski definition) is 1. The lowest BCUT2D eigenvalue weighted by molar-refractivity contribution is 0.0663. The van der Waals surface area contributed by atoms with Crippen LogP contribution in [0.25, 0.3) is 0 Å². The number of fused-ring (bicyclic) bond motifs is 1. The minimum absolute atomic E-state index is 0.642. The van der Waals surface area contributed by atoms with Crippen molar-refractivity contribution in [1.82, 2.24) is 0 Å². The summed E-state index contributed by atoms with van der Waals surface area (Å²) in [6.45, 7) is 3.35. The Kier molecular flexibility index (Phi) is 1.69. The Morgan fingerprint density at radius 3 is 2.80 bits per heavy atom. The van der Waals surface area contributed by atoms with E-state index >= 15 is 0 Å². The highest BCUT2D eigenvalue weighted by Crippen LogP contribution is 2.37. The molecular weight excluding hydrogens is 124 g/mol. The average Bonchev–Trinajstić information content (AvgIpc) is 2.34. The van der Waals surface area contributed by atoms with Crippen molar-refractivity contribution >= 4 is 0 Å². The third kappa shape index (κ3) is 0.968. The zero-order valence-corrected chi connectivity index (χ0v) is 6.68. The fourth-order valence-electron chi connectivity index (χ4n) is 2.38. The van der Waals surface area contributed by atoms with Crippen LogP contribution in [0.15, 0.2) is 0 Å². The molecule has 1 saturated carbocycles. The van der Waals surface area contributed by atoms with Crippen molar-refractivity contribution in [3.8, 4) is 0 Å². The van der Waals surface area contributed by atoms with Crippen molar-refractivity contribution in [3.63, 3.8) is 0 Å². The lowest BCUT2D eigenvalue weighted by Gasteiger charge is -2.25. The van der Waals surface area contributed by atoms with Crippen molar-refractivity contribution in [3.05, 3.63) is 0 Å². The summed E-state index contributed by atoms with van der Waals surface area (Å²) in [6, 6.07) is 0. The average molecular weight is 140 g/mol. The van der Waals surface area contributed by atoms with E-state index in [1.54, 1.807) is 0 Å². The first-order valence-electron chi connectivity index (χ1n) is 4.49. The lowest BCUT2D eigenvalue weighted by Crippen LogP contribution is -2.22. The minimum atomic E-state index is 0.642. The van der Waals surface area contributed by atoms with Crippen LogP contribution >= 0.6 is 0 Å². The molecule has 1 aliphatic carbocycles. The summed E-state index contributed by atoms with van der Waals surface area (Å²) in [4.78, 5) is 0. The van der Waals surface area contributed by atoms with E-state index in [1.807, 2.05) is 0 Å². The van der Waals surface area contributed by atoms with Gasteiger partial charge in [0.05, 0.1) is 6.10 Å². The summed E-state index contributed by atoms with van der Waals surface area (Å²) in [6.07, 6.45) is 6.23. The molecule has 1 heteroatoms. The third-order valence-electron chi connectivity index (χ3n) is 3.06. The summed E-state index contributed by atoms with van der Waals surface area (Å²) in [5.41, 5.74) is 0. The SMILES string of the molecule is C[C@@H]1CO[C@@H]2CCCC[C@H]12. The Bertz CT molecular complexity index is 120. The topological polar surface area (TPSA) is 9.23 Å². The van der Waals surface area contributed by atoms with Gasteiger partial charge in [0.2, 0.25) is 0 Å². The fourth-order valence-corrected chi connectivity index (χ4v) is 2.38. The summed E-state index contributed by atoms with van der Waals surface area (Å²) in [5, 5.41) is 0. The van der Waals surface area contributed by atoms with Crippen LogP contribution in [-0.2, 0) is 4.74 Å². The Balaban J connectivity index is 2.01. The Morgan fingerprint density at radius 1 is 1.20 bits per heavy atom. The molecule has 2 aliphatic rings. The molecule has 0 amide bonds. The molecule has 3 atom stereocenters. The van der Waals surface area contributed by atoms with Gasteiger partial charge in [-0.3, -0.25) is 0 Å². The van der Waals surface area contributed by atoms with Gasteiger partial charge in [-0.15, -0.1) is 0 Å². The highest BCUT2D eigenvalue weighted by molar-refractivity contribution is 4.84. The molecule has 0 bridgehead atoms. The molecule has 0 radical (unpaired) electrons. The van der Waals surface area contributed by atoms with Gasteiger partial charge in [-0.2, -0.15) is 0 Å². The van der Waals surface area contributed by atoms with Crippen molar-refractivity contribution in [2.45, 2.75) is 38.7 Å². The molecule has 0 aromatic carbocycles. The lowest BCUT2D eigenvalue weighted by atomic mass is 9.81. The summed E-state index contributed by atoms with van der Waals surface area (Å²) >= 11 is 0. The van der Waals surface area contributed by atoms with E-state index in [-0.39, 0.29) is 0 Å². The molecule has 0 N–H and O–H groups in total. The molecule has 0 aromatic rings. The fraction of sp³-hybridized carbons (Fsp3) is 1.00. The second-order valence-electron chi connectivity index (χ2n) is 3.80. The molecule has 58 valence electrons. The maximum Gasteiger partial charge on any atom is 0.0606 e. The van der Waals surface area contributed by atoms with E-state index in [1.165, 1.54) is 25.7 Å². The second kappa shape index (κ2) is 2.54. The third-order valence-corrected chi connectivity index (χ3v) is 3.06. The largest absolute Gasteiger partial charge is 0.378 e. The van der Waals surface area contributed by atoms with Gasteiger partial charge in [0.1, 0.15) is 0 Å². The van der Waals surface area contributed by atoms with Crippen LogP contribution in [0.3, 0.4) is 0 Å². The van der Waals surface area contributed by atoms with Crippen LogP contribution in [0.5, 0.6) is 0 Å². The van der Waals surface area contributed by atoms with E-state index in [2.05, 4.69) is 6.92 Å². The van der Waals surface area contributed by atoms with E-state index in [0.717, 1.165) is 18.4 Å². The van der Waals surface area contributed by atoms with Gasteiger partial charge in [-0.1, -0.05) is 19.8 Å². The highest BCUT2D eigenvalue weighted by atomic mass is 16.5. The molecule has 0 unspecified atom stereocenters. The number of hydrogen-bond donors (Lipinski definition) is 0. The second-order valence-corrected chi connectivity index (χ2v) is 3.80. The van der Waals surface area contributed by atoms with E-state index in [0.29, 0.717) is 6.10 Å². The van der Waals surface area contributed by atoms with Gasteiger partial charge in [-0.25, -0.2) is 0 Å². The molecule has 1 saturated heterocycles. The van der Waals surface area contributed by atoms with Crippen LogP contribution in [0, 0.1) is 11.8 Å². The molecule has 1 aliphatic heterocycles. The molecule has 0 aromatic heterocycles. The summed E-state index contributed by atoms with van der Waals surface area (Å²) in [5.74, 6) is 1.75. The quantitative estimate of drug-likeness (QED) is 0.501. The van der Waals surface area contributed by atoms with Crippen molar-refractivity contribution in [2.75, 3.05) is 6.61 Å². The van der Waals surface area contributed by atoms with Crippen molar-refractivity contribution < 1.29 is 4.74 Å². The predicted octanol–water partition coefficient (Wildman–Crippen LogP) is 2.21. The maximum atomic E-state index is 5.67. The van der Waals surface area contributed by atoms with E-state index in [9.17, 15) is 0 Å². The molecule has 1 heterocycles. The summed E-state index contributed by atoms with van der Waals surface area (Å²) in [7, 11) is 0. The van der Waals surface area contributed by atoms with E-state index < -0.39 is 0 Å². The molecule has 2 rings (SSSR count). The zero-order chi connectivity index (χ0) is 6.97. The first-order valence-corrected chi connectivity index (χ1v) is 4.49. The Morgan fingerprint density at radius 2 is 2.00 bits per heavy atom. The van der Waals surface area contributed by atoms with Gasteiger partial charge in [0.15, 0.2) is 0 Å². The predicted molar refractivity (Wildman–Crippen MR) is 40.9 cm³/mol. The highest BCUT2D eigenvalue weighted by Gasteiger charge is 2.35. The van der Waals surface area contributed by atoms with Gasteiger partial charge < -0.3 is 4.74 Å². The van der Waals surface area contributed by atoms with Gasteiger partial charge >= 0.3 is 0 Å². The Labute approximate surface area is 62.8 Å². The smallest absolute Gasteiger partial charge is 0.0606 e. The van der Waals surface area contributed by atoms with Crippen LogP contribution in [0.4, 0.5) is 0 Å². The molecule has 2 fully saturated rings. The van der Waals surface area contributed by atoms with E-state index in [4.69, 9.17) is 4.74 Å². The first-order chi connectivity index (χ1) is 4.88. The molecule has 1 nitrogen and oxygen atoms in total. The monoisotopic (exact) mass is 140 g/mol. The van der Waals surface area contributed by atoms with Gasteiger partial charge in [0.25, 0.3) is 0 Å². The normalized spacial score (nSPS) is 47.1. The molecular formula is C9H16O. The number of rotatable bonds is 0. The van der Waals surface area contributed by atoms with Crippen LogP contribution in [-0.4, -0.2) is 12.7 Å². The van der Waals surface area contributed by atoms with Crippen LogP contribution < -0.4 is 0 Å². The van der Waals surface area contributed by atoms with Crippen molar-refractivity contribution in [1.29, 1.82) is 0 Å². The first kappa shape index (κ1) is 6.66. The maximum absolute atomic E-state index is 5.67. The number of ether oxygens (including phenoxy) is 1. The minimum Gasteiger partial charge on any atom is -0.378 e. The van der Waals surface area contributed by atoms with Gasteiger partial charge in [0, 0.05) is 6.61 Å². The van der Waals surface area contributed by atoms with Crippen LogP contribution in [0.2, 0.25) is 0 Å².